The van der Waals surface area contributed by atoms with E-state index in [4.69, 9.17) is 11.0 Å². The second-order valence-corrected chi connectivity index (χ2v) is 7.09. The van der Waals surface area contributed by atoms with E-state index in [9.17, 15) is 10.1 Å². The molecule has 3 N–H and O–H groups in total. The molecule has 1 atom stereocenters. The van der Waals surface area contributed by atoms with Crippen molar-refractivity contribution in [2.24, 2.45) is 0 Å². The van der Waals surface area contributed by atoms with Crippen molar-refractivity contribution in [3.63, 3.8) is 0 Å². The van der Waals surface area contributed by atoms with Crippen molar-refractivity contribution < 1.29 is 4.79 Å². The summed E-state index contributed by atoms with van der Waals surface area (Å²) in [5.74, 6) is -0.0656. The van der Waals surface area contributed by atoms with E-state index in [1.165, 1.54) is 15.9 Å². The monoisotopic (exact) mass is 361 g/mol. The number of hydrogen-bond donors (Lipinski definition) is 2. The van der Waals surface area contributed by atoms with Gasteiger partial charge in [-0.1, -0.05) is 11.8 Å². The van der Waals surface area contributed by atoms with Crippen LogP contribution in [0.2, 0.25) is 0 Å². The maximum atomic E-state index is 12.6. The van der Waals surface area contributed by atoms with Crippen LogP contribution in [0.3, 0.4) is 0 Å². The first kappa shape index (κ1) is 17.8. The van der Waals surface area contributed by atoms with E-state index in [0.29, 0.717) is 15.7 Å². The van der Waals surface area contributed by atoms with Gasteiger partial charge in [0, 0.05) is 4.88 Å². The van der Waals surface area contributed by atoms with Gasteiger partial charge in [0.2, 0.25) is 11.9 Å². The number of aromatic nitrogens is 3. The Morgan fingerprint density at radius 3 is 2.79 bits per heavy atom. The van der Waals surface area contributed by atoms with Crippen LogP contribution >= 0.6 is 23.1 Å². The molecule has 0 saturated carbocycles. The number of aryl methyl sites for hydroxylation is 1. The van der Waals surface area contributed by atoms with Gasteiger partial charge in [-0.3, -0.25) is 9.36 Å². The predicted octanol–water partition coefficient (Wildman–Crippen LogP) is 2.23. The van der Waals surface area contributed by atoms with Crippen LogP contribution in [0.25, 0.3) is 0 Å². The van der Waals surface area contributed by atoms with Crippen molar-refractivity contribution in [2.75, 3.05) is 16.8 Å². The maximum Gasteiger partial charge on any atom is 0.248 e. The van der Waals surface area contributed by atoms with Crippen LogP contribution in [0.1, 0.15) is 29.0 Å². The molecule has 0 aliphatic rings. The van der Waals surface area contributed by atoms with E-state index in [1.807, 2.05) is 19.9 Å². The van der Waals surface area contributed by atoms with Gasteiger partial charge in [0.25, 0.3) is 0 Å². The average Bonchev–Trinajstić information content (AvgIpc) is 3.04. The fourth-order valence-electron chi connectivity index (χ4n) is 2.03. The molecular weight excluding hydrogens is 346 g/mol. The first-order chi connectivity index (χ1) is 11.4. The Hall–Kier alpha value is -2.56. The quantitative estimate of drug-likeness (QED) is 0.780. The van der Waals surface area contributed by atoms with Gasteiger partial charge in [-0.05, 0) is 26.3 Å². The maximum absolute atomic E-state index is 12.6. The van der Waals surface area contributed by atoms with Gasteiger partial charge in [-0.25, -0.2) is 0 Å². The minimum Gasteiger partial charge on any atom is -0.368 e. The normalized spacial score (nSPS) is 11.5. The second kappa shape index (κ2) is 7.34. The van der Waals surface area contributed by atoms with Gasteiger partial charge in [-0.15, -0.1) is 21.5 Å². The Balaban J connectivity index is 2.26. The number of nitrogens with one attached hydrogen (secondary N) is 1. The molecule has 0 fully saturated rings. The molecule has 0 aromatic carbocycles. The van der Waals surface area contributed by atoms with E-state index in [0.717, 1.165) is 22.2 Å². The van der Waals surface area contributed by atoms with Crippen LogP contribution in [-0.4, -0.2) is 26.4 Å². The van der Waals surface area contributed by atoms with Crippen LogP contribution in [0.4, 0.5) is 10.9 Å². The summed E-state index contributed by atoms with van der Waals surface area (Å²) in [5.41, 5.74) is 7.12. The summed E-state index contributed by atoms with van der Waals surface area (Å²) in [6, 6.07) is 3.42. The van der Waals surface area contributed by atoms with E-state index in [1.54, 1.807) is 6.92 Å². The number of thiophene rings is 1. The molecule has 0 aliphatic heterocycles. The van der Waals surface area contributed by atoms with Gasteiger partial charge in [0.1, 0.15) is 17.1 Å². The third kappa shape index (κ3) is 3.35. The highest BCUT2D eigenvalue weighted by Gasteiger charge is 2.24. The molecule has 0 bridgehead atoms. The standard InChI is InChI=1S/C14H15N7OS2/c1-7-9(3)24-12(10(7)6-16)18-11(22)8(2)21-13(17)19-20-14(21)23-5-4-15/h8H,5H2,1-3H3,(H2,17,19)(H,18,22). The number of nitrogens with two attached hydrogens (primary N) is 1. The highest BCUT2D eigenvalue weighted by Crippen LogP contribution is 2.32. The average molecular weight is 361 g/mol. The number of nitrogens with zero attached hydrogens (tertiary/aromatic N) is 5. The molecule has 2 heterocycles. The van der Waals surface area contributed by atoms with Crippen molar-refractivity contribution in [1.82, 2.24) is 14.8 Å². The van der Waals surface area contributed by atoms with Crippen molar-refractivity contribution in [1.29, 1.82) is 10.5 Å². The zero-order valence-corrected chi connectivity index (χ0v) is 15.0. The van der Waals surface area contributed by atoms with Gasteiger partial charge >= 0.3 is 0 Å². The number of anilines is 2. The lowest BCUT2D eigenvalue weighted by Crippen LogP contribution is -2.25. The fourth-order valence-corrected chi connectivity index (χ4v) is 3.73. The third-order valence-electron chi connectivity index (χ3n) is 3.46. The van der Waals surface area contributed by atoms with Gasteiger partial charge < -0.3 is 11.1 Å². The molecule has 0 aliphatic carbocycles. The zero-order chi connectivity index (χ0) is 17.9. The van der Waals surface area contributed by atoms with Crippen LogP contribution in [0, 0.1) is 36.5 Å². The Morgan fingerprint density at radius 2 is 2.17 bits per heavy atom. The summed E-state index contributed by atoms with van der Waals surface area (Å²) in [6.07, 6.45) is 0. The SMILES string of the molecule is Cc1sc(NC(=O)C(C)n2c(N)nnc2SCC#N)c(C#N)c1C. The molecule has 1 amide bonds. The number of nitriles is 2. The number of hydrogen-bond acceptors (Lipinski definition) is 8. The number of carbonyl (C=O) groups excluding carboxylic acids is 1. The van der Waals surface area contributed by atoms with E-state index >= 15 is 0 Å². The number of nitrogen functional groups attached to an aromatic ring is 1. The molecule has 2 aromatic heterocycles. The molecule has 124 valence electrons. The van der Waals surface area contributed by atoms with Crippen LogP contribution < -0.4 is 11.1 Å². The molecule has 8 nitrogen and oxygen atoms in total. The second-order valence-electron chi connectivity index (χ2n) is 4.92. The van der Waals surface area contributed by atoms with E-state index < -0.39 is 6.04 Å². The molecule has 0 spiro atoms. The first-order valence-corrected chi connectivity index (χ1v) is 8.72. The minimum atomic E-state index is -0.685. The van der Waals surface area contributed by atoms with Crippen molar-refractivity contribution >= 4 is 40.0 Å². The Labute approximate surface area is 147 Å². The Bertz CT molecular complexity index is 856. The van der Waals surface area contributed by atoms with Gasteiger partial charge in [-0.2, -0.15) is 10.5 Å². The summed E-state index contributed by atoms with van der Waals surface area (Å²) in [7, 11) is 0. The molecule has 1 unspecified atom stereocenters. The van der Waals surface area contributed by atoms with Gasteiger partial charge in [0.15, 0.2) is 5.16 Å². The third-order valence-corrected chi connectivity index (χ3v) is 5.39. The Morgan fingerprint density at radius 1 is 1.46 bits per heavy atom. The molecular formula is C14H15N7OS2. The number of rotatable bonds is 5. The van der Waals surface area contributed by atoms with Crippen LogP contribution in [-0.2, 0) is 4.79 Å². The van der Waals surface area contributed by atoms with Crippen molar-refractivity contribution in [3.8, 4) is 12.1 Å². The number of carbonyl (C=O) groups is 1. The van der Waals surface area contributed by atoms with Crippen molar-refractivity contribution in [3.05, 3.63) is 16.0 Å². The minimum absolute atomic E-state index is 0.0946. The largest absolute Gasteiger partial charge is 0.368 e. The molecule has 2 rings (SSSR count). The number of amides is 1. The highest BCUT2D eigenvalue weighted by molar-refractivity contribution is 7.99. The fraction of sp³-hybridized carbons (Fsp3) is 0.357. The van der Waals surface area contributed by atoms with Gasteiger partial charge in [0.05, 0.1) is 17.4 Å². The zero-order valence-electron chi connectivity index (χ0n) is 13.3. The molecule has 2 aromatic rings. The Kier molecular flexibility index (Phi) is 5.44. The lowest BCUT2D eigenvalue weighted by molar-refractivity contribution is -0.118. The molecule has 0 saturated heterocycles. The lowest BCUT2D eigenvalue weighted by Gasteiger charge is -2.15. The summed E-state index contributed by atoms with van der Waals surface area (Å²) in [5, 5.41) is 29.3. The van der Waals surface area contributed by atoms with Crippen LogP contribution in [0.15, 0.2) is 5.16 Å². The summed E-state index contributed by atoms with van der Waals surface area (Å²) < 4.78 is 1.47. The van der Waals surface area contributed by atoms with E-state index in [-0.39, 0.29) is 17.6 Å². The summed E-state index contributed by atoms with van der Waals surface area (Å²) in [6.45, 7) is 5.40. The van der Waals surface area contributed by atoms with Crippen LogP contribution in [0.5, 0.6) is 0 Å². The molecule has 0 radical (unpaired) electrons. The summed E-state index contributed by atoms with van der Waals surface area (Å²) in [4.78, 5) is 13.5. The lowest BCUT2D eigenvalue weighted by atomic mass is 10.2. The first-order valence-electron chi connectivity index (χ1n) is 6.91. The smallest absolute Gasteiger partial charge is 0.248 e. The van der Waals surface area contributed by atoms with E-state index in [2.05, 4.69) is 21.6 Å². The molecule has 24 heavy (non-hydrogen) atoms. The highest BCUT2D eigenvalue weighted by atomic mass is 32.2. The number of thioether (sulfide) groups is 1. The summed E-state index contributed by atoms with van der Waals surface area (Å²) >= 11 is 2.51. The predicted molar refractivity (Wildman–Crippen MR) is 92.6 cm³/mol. The topological polar surface area (TPSA) is 133 Å². The van der Waals surface area contributed by atoms with Crippen molar-refractivity contribution in [2.45, 2.75) is 32.0 Å². The molecule has 10 heteroatoms.